The molecule has 2 saturated heterocycles. The first-order valence-corrected chi connectivity index (χ1v) is 9.15. The molecule has 1 amide bonds. The number of carbonyl (C=O) groups excluding carboxylic acids is 1. The predicted octanol–water partition coefficient (Wildman–Crippen LogP) is 3.67. The lowest BCUT2D eigenvalue weighted by atomic mass is 10.00. The molecule has 26 heavy (non-hydrogen) atoms. The Kier molecular flexibility index (Phi) is 5.85. The summed E-state index contributed by atoms with van der Waals surface area (Å²) in [4.78, 5) is 16.6. The molecule has 0 aromatic heterocycles. The summed E-state index contributed by atoms with van der Waals surface area (Å²) in [5.41, 5.74) is -0.128. The molecule has 0 bridgehead atoms. The molecule has 2 aliphatic rings. The number of likely N-dealkylation sites (tertiary alicyclic amines) is 2. The fraction of sp³-hybridized carbons (Fsp3) is 0.632. The van der Waals surface area contributed by atoms with Crippen LogP contribution in [0.25, 0.3) is 0 Å². The Morgan fingerprint density at radius 2 is 1.81 bits per heavy atom. The van der Waals surface area contributed by atoms with Crippen molar-refractivity contribution in [1.29, 1.82) is 0 Å². The van der Waals surface area contributed by atoms with Crippen LogP contribution in [0.2, 0.25) is 0 Å². The second-order valence-electron chi connectivity index (χ2n) is 7.25. The van der Waals surface area contributed by atoms with Gasteiger partial charge >= 0.3 is 6.18 Å². The minimum atomic E-state index is -4.37. The second kappa shape index (κ2) is 7.94. The number of alkyl halides is 4. The third kappa shape index (κ3) is 4.75. The van der Waals surface area contributed by atoms with E-state index >= 15 is 0 Å². The molecule has 0 saturated carbocycles. The number of hydrogen-bond acceptors (Lipinski definition) is 2. The Morgan fingerprint density at radius 3 is 2.42 bits per heavy atom. The van der Waals surface area contributed by atoms with E-state index in [9.17, 15) is 22.4 Å². The Labute approximate surface area is 151 Å². The minimum absolute atomic E-state index is 0.0644. The van der Waals surface area contributed by atoms with E-state index in [-0.39, 0.29) is 18.4 Å². The molecular formula is C19H24F4N2O. The number of nitrogens with zero attached hydrogens (tertiary/aromatic N) is 2. The number of carbonyl (C=O) groups is 1. The number of halogens is 4. The highest BCUT2D eigenvalue weighted by molar-refractivity contribution is 5.79. The van der Waals surface area contributed by atoms with Gasteiger partial charge in [-0.15, -0.1) is 0 Å². The summed E-state index contributed by atoms with van der Waals surface area (Å²) < 4.78 is 51.3. The Morgan fingerprint density at radius 1 is 1.08 bits per heavy atom. The highest BCUT2D eigenvalue weighted by Gasteiger charge is 2.32. The summed E-state index contributed by atoms with van der Waals surface area (Å²) in [6.45, 7) is 2.49. The molecule has 2 atom stereocenters. The van der Waals surface area contributed by atoms with Gasteiger partial charge in [0.15, 0.2) is 0 Å². The lowest BCUT2D eigenvalue weighted by molar-refractivity contribution is -0.137. The largest absolute Gasteiger partial charge is 0.416 e. The summed E-state index contributed by atoms with van der Waals surface area (Å²) >= 11 is 0. The van der Waals surface area contributed by atoms with Crippen LogP contribution >= 0.6 is 0 Å². The van der Waals surface area contributed by atoms with Crippen molar-refractivity contribution in [2.45, 2.75) is 50.5 Å². The smallest absolute Gasteiger partial charge is 0.338 e. The van der Waals surface area contributed by atoms with Crippen LogP contribution in [0.3, 0.4) is 0 Å². The summed E-state index contributed by atoms with van der Waals surface area (Å²) in [5, 5.41) is 0. The van der Waals surface area contributed by atoms with Crippen molar-refractivity contribution in [1.82, 2.24) is 9.80 Å². The fourth-order valence-corrected chi connectivity index (χ4v) is 3.86. The molecule has 2 heterocycles. The van der Waals surface area contributed by atoms with Crippen LogP contribution in [0, 0.1) is 0 Å². The summed E-state index contributed by atoms with van der Waals surface area (Å²) in [6.07, 6.45) is -1.64. The summed E-state index contributed by atoms with van der Waals surface area (Å²) in [5.74, 6) is -0.0644. The van der Waals surface area contributed by atoms with Gasteiger partial charge in [-0.05, 0) is 43.4 Å². The van der Waals surface area contributed by atoms with E-state index in [0.29, 0.717) is 31.6 Å². The SMILES string of the molecule is O=C(Cc1ccc(C(F)(F)F)cc1)N1CCCCC1CN1CCC(F)C1. The van der Waals surface area contributed by atoms with Gasteiger partial charge in [0.2, 0.25) is 5.91 Å². The highest BCUT2D eigenvalue weighted by Crippen LogP contribution is 2.29. The number of benzene rings is 1. The van der Waals surface area contributed by atoms with E-state index in [1.54, 1.807) is 0 Å². The third-order valence-corrected chi connectivity index (χ3v) is 5.27. The van der Waals surface area contributed by atoms with Crippen LogP contribution in [0.4, 0.5) is 17.6 Å². The van der Waals surface area contributed by atoms with Gasteiger partial charge in [-0.1, -0.05) is 12.1 Å². The maximum Gasteiger partial charge on any atom is 0.416 e. The van der Waals surface area contributed by atoms with E-state index in [4.69, 9.17) is 0 Å². The van der Waals surface area contributed by atoms with Gasteiger partial charge in [-0.25, -0.2) is 4.39 Å². The first-order valence-electron chi connectivity index (χ1n) is 9.15. The van der Waals surface area contributed by atoms with Crippen LogP contribution in [0.15, 0.2) is 24.3 Å². The Hall–Kier alpha value is -1.63. The normalized spacial score (nSPS) is 24.8. The topological polar surface area (TPSA) is 23.6 Å². The Bertz CT molecular complexity index is 617. The van der Waals surface area contributed by atoms with E-state index in [0.717, 1.165) is 37.9 Å². The standard InChI is InChI=1S/C19H24F4N2O/c20-16-8-10-24(12-16)13-17-3-1-2-9-25(17)18(26)11-14-4-6-15(7-5-14)19(21,22)23/h4-7,16-17H,1-3,8-13H2. The van der Waals surface area contributed by atoms with Crippen molar-refractivity contribution < 1.29 is 22.4 Å². The lowest BCUT2D eigenvalue weighted by Crippen LogP contribution is -2.49. The minimum Gasteiger partial charge on any atom is -0.338 e. The lowest BCUT2D eigenvalue weighted by Gasteiger charge is -2.38. The van der Waals surface area contributed by atoms with Crippen LogP contribution in [0.5, 0.6) is 0 Å². The van der Waals surface area contributed by atoms with Gasteiger partial charge in [0, 0.05) is 32.2 Å². The number of piperidine rings is 1. The summed E-state index contributed by atoms with van der Waals surface area (Å²) in [6, 6.07) is 4.84. The molecule has 2 unspecified atom stereocenters. The van der Waals surface area contributed by atoms with Crippen molar-refractivity contribution in [3.05, 3.63) is 35.4 Å². The van der Waals surface area contributed by atoms with Crippen molar-refractivity contribution in [2.24, 2.45) is 0 Å². The molecule has 0 aliphatic carbocycles. The molecule has 7 heteroatoms. The zero-order chi connectivity index (χ0) is 18.7. The average Bonchev–Trinajstić information content (AvgIpc) is 3.00. The molecule has 3 rings (SSSR count). The molecule has 0 radical (unpaired) electrons. The molecule has 2 aliphatic heterocycles. The monoisotopic (exact) mass is 372 g/mol. The Balaban J connectivity index is 1.61. The predicted molar refractivity (Wildman–Crippen MR) is 90.5 cm³/mol. The number of amides is 1. The van der Waals surface area contributed by atoms with Crippen molar-refractivity contribution >= 4 is 5.91 Å². The van der Waals surface area contributed by atoms with E-state index < -0.39 is 17.9 Å². The first kappa shape index (κ1) is 19.1. The quantitative estimate of drug-likeness (QED) is 0.753. The zero-order valence-corrected chi connectivity index (χ0v) is 14.6. The molecule has 1 aromatic rings. The highest BCUT2D eigenvalue weighted by atomic mass is 19.4. The van der Waals surface area contributed by atoms with Crippen LogP contribution in [-0.4, -0.2) is 54.1 Å². The summed E-state index contributed by atoms with van der Waals surface area (Å²) in [7, 11) is 0. The van der Waals surface area contributed by atoms with E-state index in [2.05, 4.69) is 4.90 Å². The zero-order valence-electron chi connectivity index (χ0n) is 14.6. The average molecular weight is 372 g/mol. The maximum atomic E-state index is 13.4. The first-order chi connectivity index (χ1) is 12.3. The van der Waals surface area contributed by atoms with Gasteiger partial charge in [-0.3, -0.25) is 9.69 Å². The second-order valence-corrected chi connectivity index (χ2v) is 7.25. The number of hydrogen-bond donors (Lipinski definition) is 0. The fourth-order valence-electron chi connectivity index (χ4n) is 3.86. The van der Waals surface area contributed by atoms with Gasteiger partial charge in [0.05, 0.1) is 12.0 Å². The van der Waals surface area contributed by atoms with E-state index in [1.165, 1.54) is 12.1 Å². The molecule has 0 N–H and O–H groups in total. The van der Waals surface area contributed by atoms with Crippen LogP contribution < -0.4 is 0 Å². The number of rotatable bonds is 4. The molecule has 3 nitrogen and oxygen atoms in total. The van der Waals surface area contributed by atoms with Crippen LogP contribution in [-0.2, 0) is 17.4 Å². The van der Waals surface area contributed by atoms with Gasteiger partial charge < -0.3 is 4.90 Å². The molecule has 2 fully saturated rings. The van der Waals surface area contributed by atoms with Crippen molar-refractivity contribution in [3.8, 4) is 0 Å². The van der Waals surface area contributed by atoms with Gasteiger partial charge in [-0.2, -0.15) is 13.2 Å². The molecule has 144 valence electrons. The van der Waals surface area contributed by atoms with Gasteiger partial charge in [0.25, 0.3) is 0 Å². The van der Waals surface area contributed by atoms with E-state index in [1.807, 2.05) is 4.90 Å². The molecular weight excluding hydrogens is 348 g/mol. The maximum absolute atomic E-state index is 13.4. The molecule has 1 aromatic carbocycles. The molecule has 0 spiro atoms. The van der Waals surface area contributed by atoms with Gasteiger partial charge in [0.1, 0.15) is 6.17 Å². The van der Waals surface area contributed by atoms with Crippen LogP contribution in [0.1, 0.15) is 36.8 Å². The van der Waals surface area contributed by atoms with Crippen molar-refractivity contribution in [3.63, 3.8) is 0 Å². The van der Waals surface area contributed by atoms with Crippen molar-refractivity contribution in [2.75, 3.05) is 26.2 Å². The third-order valence-electron chi connectivity index (χ3n) is 5.27.